The molecule has 1 atom stereocenters. The fraction of sp³-hybridized carbons (Fsp3) is 0.458. The van der Waals surface area contributed by atoms with Crippen LogP contribution in [0.1, 0.15) is 77.7 Å². The number of hydrogen-bond acceptors (Lipinski definition) is 5. The van der Waals surface area contributed by atoms with Gasteiger partial charge in [0.15, 0.2) is 6.10 Å². The highest BCUT2D eigenvalue weighted by Gasteiger charge is 2.31. The van der Waals surface area contributed by atoms with Gasteiger partial charge in [0.25, 0.3) is 5.56 Å². The molecule has 1 saturated carbocycles. The van der Waals surface area contributed by atoms with Crippen LogP contribution in [0, 0.1) is 32.1 Å². The largest absolute Gasteiger partial charge is 0.494 e. The van der Waals surface area contributed by atoms with Gasteiger partial charge in [-0.2, -0.15) is 5.26 Å². The van der Waals surface area contributed by atoms with Crippen LogP contribution in [0.3, 0.4) is 0 Å². The van der Waals surface area contributed by atoms with Gasteiger partial charge in [-0.15, -0.1) is 0 Å². The predicted molar refractivity (Wildman–Crippen MR) is 114 cm³/mol. The van der Waals surface area contributed by atoms with E-state index in [9.17, 15) is 20.0 Å². The molecule has 1 aliphatic carbocycles. The van der Waals surface area contributed by atoms with Gasteiger partial charge in [0.1, 0.15) is 17.4 Å². The summed E-state index contributed by atoms with van der Waals surface area (Å²) in [5.74, 6) is -0.259. The molecule has 158 valence electrons. The Morgan fingerprint density at radius 3 is 2.47 bits per heavy atom. The van der Waals surface area contributed by atoms with Crippen molar-refractivity contribution in [3.63, 3.8) is 0 Å². The van der Waals surface area contributed by atoms with Gasteiger partial charge in [-0.1, -0.05) is 25.3 Å². The maximum atomic E-state index is 13.2. The number of aromatic nitrogens is 1. The number of carbonyl (C=O) groups is 1. The van der Waals surface area contributed by atoms with E-state index >= 15 is 0 Å². The molecule has 1 N–H and O–H groups in total. The third-order valence-corrected chi connectivity index (χ3v) is 6.09. The predicted octanol–water partition coefficient (Wildman–Crippen LogP) is 4.51. The second-order valence-corrected chi connectivity index (χ2v) is 8.15. The summed E-state index contributed by atoms with van der Waals surface area (Å²) in [5.41, 5.74) is 1.73. The first kappa shape index (κ1) is 21.6. The Labute approximate surface area is 176 Å². The number of nitriles is 1. The van der Waals surface area contributed by atoms with Gasteiger partial charge in [0, 0.05) is 6.04 Å². The van der Waals surface area contributed by atoms with Crippen molar-refractivity contribution in [3.05, 3.63) is 56.4 Å². The van der Waals surface area contributed by atoms with Gasteiger partial charge < -0.3 is 9.84 Å². The molecule has 6 nitrogen and oxygen atoms in total. The molecule has 1 aliphatic rings. The van der Waals surface area contributed by atoms with Crippen LogP contribution in [-0.4, -0.2) is 21.6 Å². The quantitative estimate of drug-likeness (QED) is 0.735. The molecule has 0 bridgehead atoms. The van der Waals surface area contributed by atoms with E-state index in [1.807, 2.05) is 32.0 Å². The number of pyridine rings is 1. The van der Waals surface area contributed by atoms with Gasteiger partial charge in [0.05, 0.1) is 5.56 Å². The number of ether oxygens (including phenoxy) is 1. The second-order valence-electron chi connectivity index (χ2n) is 8.15. The van der Waals surface area contributed by atoms with E-state index in [1.54, 1.807) is 13.0 Å². The molecule has 1 fully saturated rings. The molecule has 0 spiro atoms. The second kappa shape index (κ2) is 8.74. The summed E-state index contributed by atoms with van der Waals surface area (Å²) < 4.78 is 7.09. The Morgan fingerprint density at radius 2 is 1.87 bits per heavy atom. The van der Waals surface area contributed by atoms with Crippen molar-refractivity contribution in [2.24, 2.45) is 0 Å². The fourth-order valence-electron chi connectivity index (χ4n) is 4.14. The molecule has 1 heterocycles. The lowest BCUT2D eigenvalue weighted by molar-refractivity contribution is 0.0811. The zero-order valence-corrected chi connectivity index (χ0v) is 18.0. The summed E-state index contributed by atoms with van der Waals surface area (Å²) in [7, 11) is 0. The molecule has 30 heavy (non-hydrogen) atoms. The number of aromatic hydroxyl groups is 1. The van der Waals surface area contributed by atoms with Gasteiger partial charge in [0.2, 0.25) is 11.7 Å². The summed E-state index contributed by atoms with van der Waals surface area (Å²) in [6, 6.07) is 7.29. The Morgan fingerprint density at radius 1 is 1.20 bits per heavy atom. The lowest BCUT2D eigenvalue weighted by Gasteiger charge is -2.27. The molecule has 1 unspecified atom stereocenters. The lowest BCUT2D eigenvalue weighted by atomic mass is 9.93. The Hall–Kier alpha value is -3.07. The third kappa shape index (κ3) is 3.97. The van der Waals surface area contributed by atoms with Crippen molar-refractivity contribution in [2.75, 3.05) is 0 Å². The topological polar surface area (TPSA) is 92.3 Å². The van der Waals surface area contributed by atoms with Gasteiger partial charge >= 0.3 is 0 Å². The number of aryl methyl sites for hydroxylation is 2. The molecular formula is C24H28N2O4. The summed E-state index contributed by atoms with van der Waals surface area (Å²) in [5, 5.41) is 20.5. The third-order valence-electron chi connectivity index (χ3n) is 6.09. The van der Waals surface area contributed by atoms with E-state index in [-0.39, 0.29) is 28.6 Å². The zero-order valence-electron chi connectivity index (χ0n) is 18.0. The van der Waals surface area contributed by atoms with E-state index in [0.717, 1.165) is 43.2 Å². The zero-order chi connectivity index (χ0) is 22.0. The minimum atomic E-state index is -0.888. The van der Waals surface area contributed by atoms with E-state index < -0.39 is 17.4 Å². The fourth-order valence-corrected chi connectivity index (χ4v) is 4.14. The molecule has 3 rings (SSSR count). The average molecular weight is 408 g/mol. The maximum absolute atomic E-state index is 13.2. The first-order valence-electron chi connectivity index (χ1n) is 10.4. The van der Waals surface area contributed by atoms with Crippen molar-refractivity contribution in [1.29, 1.82) is 5.26 Å². The first-order chi connectivity index (χ1) is 14.3. The number of carbonyl (C=O) groups excluding carboxylic acids is 1. The average Bonchev–Trinajstić information content (AvgIpc) is 2.71. The van der Waals surface area contributed by atoms with Crippen LogP contribution in [0.4, 0.5) is 0 Å². The standard InChI is InChI=1S/C24H28N2O4/c1-14-10-11-19(12-15(14)2)30-17(4)22(27)21-16(3)20(13-25)23(28)26(24(21)29)18-8-6-5-7-9-18/h10-12,17-18,29H,5-9H2,1-4H3. The Balaban J connectivity index is 2.03. The van der Waals surface area contributed by atoms with Crippen molar-refractivity contribution in [2.45, 2.75) is 71.9 Å². The minimum Gasteiger partial charge on any atom is -0.494 e. The van der Waals surface area contributed by atoms with Gasteiger partial charge in [-0.05, 0) is 69.4 Å². The highest BCUT2D eigenvalue weighted by atomic mass is 16.5. The van der Waals surface area contributed by atoms with Crippen LogP contribution in [0.5, 0.6) is 11.6 Å². The van der Waals surface area contributed by atoms with E-state index in [4.69, 9.17) is 4.74 Å². The number of hydrogen-bond donors (Lipinski definition) is 1. The molecule has 0 amide bonds. The molecule has 1 aromatic heterocycles. The van der Waals surface area contributed by atoms with Crippen LogP contribution in [-0.2, 0) is 0 Å². The van der Waals surface area contributed by atoms with Crippen LogP contribution < -0.4 is 10.3 Å². The SMILES string of the molecule is Cc1ccc(OC(C)C(=O)c2c(C)c(C#N)c(=O)n(C3CCCCC3)c2O)cc1C. The number of benzene rings is 1. The van der Waals surface area contributed by atoms with Crippen LogP contribution in [0.15, 0.2) is 23.0 Å². The monoisotopic (exact) mass is 408 g/mol. The van der Waals surface area contributed by atoms with Crippen molar-refractivity contribution >= 4 is 5.78 Å². The van der Waals surface area contributed by atoms with Crippen LogP contribution >= 0.6 is 0 Å². The minimum absolute atomic E-state index is 0.00643. The molecule has 0 saturated heterocycles. The number of Topliss-reactive ketones (excluding diaryl/α,β-unsaturated/α-hetero) is 1. The maximum Gasteiger partial charge on any atom is 0.271 e. The molecule has 0 aliphatic heterocycles. The van der Waals surface area contributed by atoms with E-state index in [0.29, 0.717) is 5.75 Å². The van der Waals surface area contributed by atoms with Crippen LogP contribution in [0.25, 0.3) is 0 Å². The van der Waals surface area contributed by atoms with Gasteiger partial charge in [-0.3, -0.25) is 14.2 Å². The summed E-state index contributed by atoms with van der Waals surface area (Å²) in [6.07, 6.45) is 3.56. The lowest BCUT2D eigenvalue weighted by Crippen LogP contribution is -2.33. The van der Waals surface area contributed by atoms with Crippen LogP contribution in [0.2, 0.25) is 0 Å². The smallest absolute Gasteiger partial charge is 0.271 e. The molecule has 1 aromatic carbocycles. The Bertz CT molecular complexity index is 1070. The van der Waals surface area contributed by atoms with Crippen molar-refractivity contribution in [1.82, 2.24) is 4.57 Å². The van der Waals surface area contributed by atoms with E-state index in [2.05, 4.69) is 0 Å². The normalized spacial score (nSPS) is 15.4. The summed E-state index contributed by atoms with van der Waals surface area (Å²) in [4.78, 5) is 26.1. The molecule has 6 heteroatoms. The highest BCUT2D eigenvalue weighted by molar-refractivity contribution is 6.03. The molecule has 0 radical (unpaired) electrons. The van der Waals surface area contributed by atoms with Gasteiger partial charge in [-0.25, -0.2) is 0 Å². The van der Waals surface area contributed by atoms with E-state index in [1.165, 1.54) is 11.5 Å². The first-order valence-corrected chi connectivity index (χ1v) is 10.4. The molecular weight excluding hydrogens is 380 g/mol. The highest BCUT2D eigenvalue weighted by Crippen LogP contribution is 2.33. The molecule has 2 aromatic rings. The Kier molecular flexibility index (Phi) is 6.31. The number of ketones is 1. The number of rotatable bonds is 5. The summed E-state index contributed by atoms with van der Waals surface area (Å²) >= 11 is 0. The van der Waals surface area contributed by atoms with Crippen molar-refractivity contribution < 1.29 is 14.6 Å². The summed E-state index contributed by atoms with van der Waals surface area (Å²) in [6.45, 7) is 7.09. The van der Waals surface area contributed by atoms with Crippen molar-refractivity contribution in [3.8, 4) is 17.7 Å². The number of nitrogens with zero attached hydrogens (tertiary/aromatic N) is 2.